The van der Waals surface area contributed by atoms with Gasteiger partial charge in [-0.25, -0.2) is 4.79 Å². The van der Waals surface area contributed by atoms with Crippen LogP contribution in [0.1, 0.15) is 11.1 Å². The number of carboxylic acid groups (broad SMARTS) is 1. The lowest BCUT2D eigenvalue weighted by atomic mass is 10.1. The Morgan fingerprint density at radius 1 is 1.08 bits per heavy atom. The molecule has 0 aromatic heterocycles. The molecule has 0 saturated heterocycles. The third kappa shape index (κ3) is 3.69. The molecule has 3 aromatic rings. The van der Waals surface area contributed by atoms with Gasteiger partial charge in [-0.2, -0.15) is 0 Å². The van der Waals surface area contributed by atoms with E-state index in [1.807, 2.05) is 55.5 Å². The maximum atomic E-state index is 11.6. The van der Waals surface area contributed by atoms with E-state index in [0.29, 0.717) is 10.8 Å². The molecule has 0 spiro atoms. The number of carboxylic acids is 1. The summed E-state index contributed by atoms with van der Waals surface area (Å²) in [7, 11) is 0. The minimum Gasteiger partial charge on any atom is -0.478 e. The first kappa shape index (κ1) is 16.3. The molecule has 122 valence electrons. The highest BCUT2D eigenvalue weighted by Gasteiger charge is 2.20. The summed E-state index contributed by atoms with van der Waals surface area (Å²) in [6.45, 7) is 1.91. The summed E-state index contributed by atoms with van der Waals surface area (Å²) in [5, 5.41) is 12.2. The molecule has 0 saturated carbocycles. The van der Waals surface area contributed by atoms with E-state index in [2.05, 4.69) is 0 Å². The predicted octanol–water partition coefficient (Wildman–Crippen LogP) is 4.88. The summed E-state index contributed by atoms with van der Waals surface area (Å²) in [5.41, 5.74) is 1.79. The first-order valence-electron chi connectivity index (χ1n) is 7.66. The number of ether oxygens (including phenoxy) is 1. The van der Waals surface area contributed by atoms with Crippen molar-refractivity contribution in [3.63, 3.8) is 0 Å². The second kappa shape index (κ2) is 6.93. The number of aliphatic carboxylic acids is 1. The molecule has 0 radical (unpaired) electrons. The molecule has 0 bridgehead atoms. The Hall–Kier alpha value is -2.52. The SMILES string of the molecule is Cc1ccc(CC(Oc2ccc3ccccc3c2)C(=O)O)cc1Cl. The largest absolute Gasteiger partial charge is 0.478 e. The van der Waals surface area contributed by atoms with Gasteiger partial charge < -0.3 is 9.84 Å². The van der Waals surface area contributed by atoms with Crippen LogP contribution in [0.5, 0.6) is 5.75 Å². The number of fused-ring (bicyclic) bond motifs is 1. The molecule has 0 heterocycles. The number of carbonyl (C=O) groups is 1. The number of benzene rings is 3. The Kier molecular flexibility index (Phi) is 4.72. The summed E-state index contributed by atoms with van der Waals surface area (Å²) >= 11 is 6.11. The number of aryl methyl sites for hydroxylation is 1. The van der Waals surface area contributed by atoms with Crippen LogP contribution in [0, 0.1) is 6.92 Å². The van der Waals surface area contributed by atoms with Gasteiger partial charge in [-0.1, -0.05) is 54.1 Å². The highest BCUT2D eigenvalue weighted by molar-refractivity contribution is 6.31. The van der Waals surface area contributed by atoms with E-state index in [4.69, 9.17) is 16.3 Å². The van der Waals surface area contributed by atoms with Gasteiger partial charge in [0, 0.05) is 11.4 Å². The molecule has 4 heteroatoms. The molecule has 0 fully saturated rings. The Morgan fingerprint density at radius 3 is 2.54 bits per heavy atom. The maximum Gasteiger partial charge on any atom is 0.345 e. The molecule has 3 rings (SSSR count). The molecule has 1 N–H and O–H groups in total. The third-order valence-corrected chi connectivity index (χ3v) is 4.34. The summed E-state index contributed by atoms with van der Waals surface area (Å²) < 4.78 is 5.72. The smallest absolute Gasteiger partial charge is 0.345 e. The molecule has 24 heavy (non-hydrogen) atoms. The van der Waals surface area contributed by atoms with E-state index < -0.39 is 12.1 Å². The molecule has 0 amide bonds. The number of rotatable bonds is 5. The third-order valence-electron chi connectivity index (χ3n) is 3.93. The summed E-state index contributed by atoms with van der Waals surface area (Å²) in [5.74, 6) is -0.459. The molecule has 3 aromatic carbocycles. The minimum atomic E-state index is -1.00. The van der Waals surface area contributed by atoms with E-state index in [0.717, 1.165) is 21.9 Å². The highest BCUT2D eigenvalue weighted by atomic mass is 35.5. The molecule has 1 atom stereocenters. The molecule has 1 unspecified atom stereocenters. The molecule has 0 aliphatic rings. The first-order valence-corrected chi connectivity index (χ1v) is 8.04. The van der Waals surface area contributed by atoms with Crippen molar-refractivity contribution in [3.05, 3.63) is 76.8 Å². The van der Waals surface area contributed by atoms with Gasteiger partial charge in [0.05, 0.1) is 0 Å². The second-order valence-corrected chi connectivity index (χ2v) is 6.15. The fourth-order valence-electron chi connectivity index (χ4n) is 2.56. The molecular formula is C20H17ClO3. The monoisotopic (exact) mass is 340 g/mol. The van der Waals surface area contributed by atoms with Crippen LogP contribution < -0.4 is 4.74 Å². The summed E-state index contributed by atoms with van der Waals surface area (Å²) in [6, 6.07) is 19.0. The molecular weight excluding hydrogens is 324 g/mol. The Bertz CT molecular complexity index is 889. The van der Waals surface area contributed by atoms with Crippen LogP contribution in [0.15, 0.2) is 60.7 Å². The van der Waals surface area contributed by atoms with Gasteiger partial charge in [0.25, 0.3) is 0 Å². The van der Waals surface area contributed by atoms with Gasteiger partial charge in [-0.15, -0.1) is 0 Å². The normalized spacial score (nSPS) is 12.1. The Morgan fingerprint density at radius 2 is 1.83 bits per heavy atom. The van der Waals surface area contributed by atoms with Crippen LogP contribution in [0.2, 0.25) is 5.02 Å². The van der Waals surface area contributed by atoms with Gasteiger partial charge >= 0.3 is 5.97 Å². The lowest BCUT2D eigenvalue weighted by Gasteiger charge is -2.16. The first-order chi connectivity index (χ1) is 11.5. The lowest BCUT2D eigenvalue weighted by Crippen LogP contribution is -2.29. The van der Waals surface area contributed by atoms with E-state index >= 15 is 0 Å². The van der Waals surface area contributed by atoms with Crippen molar-refractivity contribution in [1.29, 1.82) is 0 Å². The van der Waals surface area contributed by atoms with Gasteiger partial charge in [-0.05, 0) is 47.0 Å². The topological polar surface area (TPSA) is 46.5 Å². The van der Waals surface area contributed by atoms with Crippen molar-refractivity contribution in [1.82, 2.24) is 0 Å². The van der Waals surface area contributed by atoms with Crippen LogP contribution in [-0.4, -0.2) is 17.2 Å². The van der Waals surface area contributed by atoms with Crippen molar-refractivity contribution in [3.8, 4) is 5.75 Å². The zero-order valence-electron chi connectivity index (χ0n) is 13.2. The average molecular weight is 341 g/mol. The molecule has 0 aliphatic carbocycles. The average Bonchev–Trinajstić information content (AvgIpc) is 2.57. The predicted molar refractivity (Wildman–Crippen MR) is 95.9 cm³/mol. The Balaban J connectivity index is 1.82. The summed E-state index contributed by atoms with van der Waals surface area (Å²) in [4.78, 5) is 11.6. The quantitative estimate of drug-likeness (QED) is 0.720. The zero-order valence-corrected chi connectivity index (χ0v) is 14.0. The van der Waals surface area contributed by atoms with Crippen LogP contribution in [0.4, 0.5) is 0 Å². The maximum absolute atomic E-state index is 11.6. The van der Waals surface area contributed by atoms with Crippen molar-refractivity contribution in [2.24, 2.45) is 0 Å². The minimum absolute atomic E-state index is 0.252. The van der Waals surface area contributed by atoms with E-state index in [1.54, 1.807) is 12.1 Å². The molecule has 3 nitrogen and oxygen atoms in total. The standard InChI is InChI=1S/C20H17ClO3/c1-13-6-7-14(10-18(13)21)11-19(20(22)23)24-17-9-8-15-4-2-3-5-16(15)12-17/h2-10,12,19H,11H2,1H3,(H,22,23). The van der Waals surface area contributed by atoms with Crippen LogP contribution in [-0.2, 0) is 11.2 Å². The van der Waals surface area contributed by atoms with Crippen LogP contribution >= 0.6 is 11.6 Å². The van der Waals surface area contributed by atoms with Gasteiger partial charge in [0.1, 0.15) is 5.75 Å². The van der Waals surface area contributed by atoms with Crippen molar-refractivity contribution >= 4 is 28.3 Å². The zero-order chi connectivity index (χ0) is 17.1. The number of hydrogen-bond acceptors (Lipinski definition) is 2. The van der Waals surface area contributed by atoms with Crippen molar-refractivity contribution in [2.45, 2.75) is 19.4 Å². The van der Waals surface area contributed by atoms with Gasteiger partial charge in [0.15, 0.2) is 6.10 Å². The molecule has 0 aliphatic heterocycles. The van der Waals surface area contributed by atoms with E-state index in [9.17, 15) is 9.90 Å². The lowest BCUT2D eigenvalue weighted by molar-refractivity contribution is -0.145. The summed E-state index contributed by atoms with van der Waals surface area (Å²) in [6.07, 6.45) is -0.716. The van der Waals surface area contributed by atoms with Crippen molar-refractivity contribution in [2.75, 3.05) is 0 Å². The number of hydrogen-bond donors (Lipinski definition) is 1. The van der Waals surface area contributed by atoms with Crippen LogP contribution in [0.3, 0.4) is 0 Å². The van der Waals surface area contributed by atoms with Gasteiger partial charge in [0.2, 0.25) is 0 Å². The van der Waals surface area contributed by atoms with Gasteiger partial charge in [-0.3, -0.25) is 0 Å². The number of halogens is 1. The fourth-order valence-corrected chi connectivity index (χ4v) is 2.76. The Labute approximate surface area is 145 Å². The second-order valence-electron chi connectivity index (χ2n) is 5.74. The van der Waals surface area contributed by atoms with E-state index in [1.165, 1.54) is 0 Å². The van der Waals surface area contributed by atoms with Crippen molar-refractivity contribution < 1.29 is 14.6 Å². The highest BCUT2D eigenvalue weighted by Crippen LogP contribution is 2.23. The van der Waals surface area contributed by atoms with Crippen LogP contribution in [0.25, 0.3) is 10.8 Å². The van der Waals surface area contributed by atoms with E-state index in [-0.39, 0.29) is 6.42 Å². The fraction of sp³-hybridized carbons (Fsp3) is 0.150.